The lowest BCUT2D eigenvalue weighted by Crippen LogP contribution is -1.61. The predicted molar refractivity (Wildman–Crippen MR) is 44.2 cm³/mol. The fourth-order valence-corrected chi connectivity index (χ4v) is 1.37. The first kappa shape index (κ1) is 7.22. The molecule has 10 heavy (non-hydrogen) atoms. The molecular weight excluding hydrogens is 144 g/mol. The summed E-state index contributed by atoms with van der Waals surface area (Å²) in [6.45, 7) is 2.04. The SMILES string of the molecule is Cc1cc(C=CC=O)cs1. The Bertz CT molecular complexity index is 248. The van der Waals surface area contributed by atoms with Gasteiger partial charge in [0.15, 0.2) is 0 Å². The van der Waals surface area contributed by atoms with Gasteiger partial charge in [-0.2, -0.15) is 0 Å². The molecule has 0 atom stereocenters. The maximum Gasteiger partial charge on any atom is 0.142 e. The summed E-state index contributed by atoms with van der Waals surface area (Å²) >= 11 is 1.69. The first-order valence-electron chi connectivity index (χ1n) is 3.00. The average molecular weight is 152 g/mol. The fourth-order valence-electron chi connectivity index (χ4n) is 0.702. The van der Waals surface area contributed by atoms with E-state index in [-0.39, 0.29) is 0 Å². The molecule has 1 nitrogen and oxygen atoms in total. The summed E-state index contributed by atoms with van der Waals surface area (Å²) in [6, 6.07) is 2.05. The number of carbonyl (C=O) groups is 1. The Morgan fingerprint density at radius 2 is 2.40 bits per heavy atom. The highest BCUT2D eigenvalue weighted by atomic mass is 32.1. The van der Waals surface area contributed by atoms with Crippen molar-refractivity contribution in [2.45, 2.75) is 6.92 Å². The topological polar surface area (TPSA) is 17.1 Å². The summed E-state index contributed by atoms with van der Waals surface area (Å²) in [5, 5.41) is 2.02. The maximum absolute atomic E-state index is 9.90. The summed E-state index contributed by atoms with van der Waals surface area (Å²) in [4.78, 5) is 11.2. The molecule has 0 aliphatic carbocycles. The Morgan fingerprint density at radius 3 is 2.90 bits per heavy atom. The third-order valence-corrected chi connectivity index (χ3v) is 2.00. The fraction of sp³-hybridized carbons (Fsp3) is 0.125. The largest absolute Gasteiger partial charge is 0.299 e. The van der Waals surface area contributed by atoms with Crippen LogP contribution >= 0.6 is 11.3 Å². The zero-order valence-electron chi connectivity index (χ0n) is 5.70. The number of allylic oxidation sites excluding steroid dienone is 1. The van der Waals surface area contributed by atoms with E-state index in [1.54, 1.807) is 17.4 Å². The second kappa shape index (κ2) is 3.32. The summed E-state index contributed by atoms with van der Waals surface area (Å²) in [5.74, 6) is 0. The number of thiophene rings is 1. The second-order valence-corrected chi connectivity index (χ2v) is 3.10. The van der Waals surface area contributed by atoms with E-state index in [2.05, 4.69) is 0 Å². The summed E-state index contributed by atoms with van der Waals surface area (Å²) in [7, 11) is 0. The van der Waals surface area contributed by atoms with Crippen LogP contribution in [0, 0.1) is 6.92 Å². The van der Waals surface area contributed by atoms with Crippen molar-refractivity contribution in [3.63, 3.8) is 0 Å². The van der Waals surface area contributed by atoms with Gasteiger partial charge in [-0.25, -0.2) is 0 Å². The number of aldehydes is 1. The van der Waals surface area contributed by atoms with Crippen molar-refractivity contribution < 1.29 is 4.79 Å². The first-order valence-corrected chi connectivity index (χ1v) is 3.88. The van der Waals surface area contributed by atoms with E-state index in [0.717, 1.165) is 11.8 Å². The van der Waals surface area contributed by atoms with Crippen LogP contribution in [0.5, 0.6) is 0 Å². The Kier molecular flexibility index (Phi) is 2.40. The Morgan fingerprint density at radius 1 is 1.60 bits per heavy atom. The van der Waals surface area contributed by atoms with Crippen LogP contribution < -0.4 is 0 Å². The van der Waals surface area contributed by atoms with E-state index in [9.17, 15) is 4.79 Å². The minimum Gasteiger partial charge on any atom is -0.299 e. The van der Waals surface area contributed by atoms with Crippen LogP contribution in [0.4, 0.5) is 0 Å². The van der Waals surface area contributed by atoms with Gasteiger partial charge in [-0.3, -0.25) is 4.79 Å². The molecule has 0 spiro atoms. The molecule has 0 saturated heterocycles. The molecule has 0 aromatic carbocycles. The normalized spacial score (nSPS) is 10.5. The van der Waals surface area contributed by atoms with Crippen LogP contribution in [0.2, 0.25) is 0 Å². The van der Waals surface area contributed by atoms with E-state index in [1.165, 1.54) is 11.0 Å². The molecule has 1 heterocycles. The molecule has 0 saturated carbocycles. The van der Waals surface area contributed by atoms with Gasteiger partial charge in [-0.05, 0) is 30.0 Å². The molecule has 0 unspecified atom stereocenters. The van der Waals surface area contributed by atoms with Gasteiger partial charge in [0.25, 0.3) is 0 Å². The molecule has 0 N–H and O–H groups in total. The van der Waals surface area contributed by atoms with Gasteiger partial charge in [0.2, 0.25) is 0 Å². The number of hydrogen-bond acceptors (Lipinski definition) is 2. The standard InChI is InChI=1S/C8H8OS/c1-7-5-8(6-10-7)3-2-4-9/h2-6H,1H3. The van der Waals surface area contributed by atoms with Crippen LogP contribution in [-0.2, 0) is 4.79 Å². The van der Waals surface area contributed by atoms with Gasteiger partial charge in [-0.15, -0.1) is 11.3 Å². The monoisotopic (exact) mass is 152 g/mol. The maximum atomic E-state index is 9.90. The van der Waals surface area contributed by atoms with E-state index in [1.807, 2.05) is 18.4 Å². The van der Waals surface area contributed by atoms with Crippen molar-refractivity contribution in [2.75, 3.05) is 0 Å². The second-order valence-electron chi connectivity index (χ2n) is 1.99. The number of hydrogen-bond donors (Lipinski definition) is 0. The Hall–Kier alpha value is -0.890. The van der Waals surface area contributed by atoms with Gasteiger partial charge in [0.05, 0.1) is 0 Å². The van der Waals surface area contributed by atoms with E-state index in [4.69, 9.17) is 0 Å². The lowest BCUT2D eigenvalue weighted by Gasteiger charge is -1.76. The van der Waals surface area contributed by atoms with Gasteiger partial charge in [-0.1, -0.05) is 6.08 Å². The quantitative estimate of drug-likeness (QED) is 0.469. The van der Waals surface area contributed by atoms with Crippen molar-refractivity contribution in [1.82, 2.24) is 0 Å². The third-order valence-electron chi connectivity index (χ3n) is 1.12. The highest BCUT2D eigenvalue weighted by Crippen LogP contribution is 2.13. The van der Waals surface area contributed by atoms with Crippen molar-refractivity contribution in [1.29, 1.82) is 0 Å². The minimum absolute atomic E-state index is 0.785. The van der Waals surface area contributed by atoms with E-state index in [0.29, 0.717) is 0 Å². The van der Waals surface area contributed by atoms with Crippen LogP contribution in [0.1, 0.15) is 10.4 Å². The lowest BCUT2D eigenvalue weighted by molar-refractivity contribution is -0.104. The Balaban J connectivity index is 2.75. The molecule has 0 aliphatic rings. The van der Waals surface area contributed by atoms with Crippen molar-refractivity contribution in [3.8, 4) is 0 Å². The number of rotatable bonds is 2. The molecule has 0 radical (unpaired) electrons. The zero-order valence-corrected chi connectivity index (χ0v) is 6.52. The number of carbonyl (C=O) groups excluding carboxylic acids is 1. The summed E-state index contributed by atoms with van der Waals surface area (Å²) in [6.07, 6.45) is 4.09. The third kappa shape index (κ3) is 1.81. The molecule has 1 aromatic heterocycles. The molecule has 1 aromatic rings. The van der Waals surface area contributed by atoms with Crippen molar-refractivity contribution in [2.24, 2.45) is 0 Å². The van der Waals surface area contributed by atoms with Gasteiger partial charge < -0.3 is 0 Å². The lowest BCUT2D eigenvalue weighted by atomic mass is 10.3. The van der Waals surface area contributed by atoms with E-state index < -0.39 is 0 Å². The van der Waals surface area contributed by atoms with Crippen molar-refractivity contribution in [3.05, 3.63) is 28.0 Å². The van der Waals surface area contributed by atoms with Crippen LogP contribution in [0.15, 0.2) is 17.5 Å². The molecular formula is C8H8OS. The average Bonchev–Trinajstić information content (AvgIpc) is 2.31. The zero-order chi connectivity index (χ0) is 7.40. The molecule has 2 heteroatoms. The highest BCUT2D eigenvalue weighted by Gasteiger charge is 1.88. The van der Waals surface area contributed by atoms with Gasteiger partial charge in [0, 0.05) is 4.88 Å². The molecule has 1 rings (SSSR count). The van der Waals surface area contributed by atoms with Crippen LogP contribution in [0.25, 0.3) is 6.08 Å². The smallest absolute Gasteiger partial charge is 0.142 e. The first-order chi connectivity index (χ1) is 4.83. The molecule has 0 amide bonds. The minimum atomic E-state index is 0.785. The highest BCUT2D eigenvalue weighted by molar-refractivity contribution is 7.10. The van der Waals surface area contributed by atoms with Crippen molar-refractivity contribution >= 4 is 23.7 Å². The molecule has 0 aliphatic heterocycles. The Labute approximate surface area is 64.0 Å². The van der Waals surface area contributed by atoms with Gasteiger partial charge >= 0.3 is 0 Å². The van der Waals surface area contributed by atoms with Gasteiger partial charge in [0.1, 0.15) is 6.29 Å². The summed E-state index contributed by atoms with van der Waals surface area (Å²) in [5.41, 5.74) is 1.11. The van der Waals surface area contributed by atoms with Crippen LogP contribution in [0.3, 0.4) is 0 Å². The summed E-state index contributed by atoms with van der Waals surface area (Å²) < 4.78 is 0. The number of aryl methyl sites for hydroxylation is 1. The molecule has 52 valence electrons. The van der Waals surface area contributed by atoms with Crippen LogP contribution in [-0.4, -0.2) is 6.29 Å². The predicted octanol–water partition coefficient (Wildman–Crippen LogP) is 2.27. The molecule has 0 fully saturated rings. The molecule has 0 bridgehead atoms. The van der Waals surface area contributed by atoms with E-state index >= 15 is 0 Å².